The number of aromatic nitrogens is 2. The first-order valence-corrected chi connectivity index (χ1v) is 6.69. The fourth-order valence-corrected chi connectivity index (χ4v) is 2.68. The Hall–Kier alpha value is -1.75. The number of fused-ring (bicyclic) bond motifs is 1. The number of nitrogens with two attached hydrogens (primary N) is 1. The Balaban J connectivity index is 2.34. The van der Waals surface area contributed by atoms with E-state index in [4.69, 9.17) is 28.9 Å². The van der Waals surface area contributed by atoms with E-state index in [1.165, 1.54) is 0 Å². The highest BCUT2D eigenvalue weighted by Crippen LogP contribution is 2.29. The van der Waals surface area contributed by atoms with Crippen molar-refractivity contribution < 1.29 is 5.11 Å². The molecule has 1 heterocycles. The topological polar surface area (TPSA) is 64.1 Å². The number of rotatable bonds is 2. The molecule has 0 aliphatic heterocycles. The molecular formula is C14H11Cl2N3O. The third-order valence-corrected chi connectivity index (χ3v) is 3.58. The Labute approximate surface area is 125 Å². The Morgan fingerprint density at radius 1 is 1.15 bits per heavy atom. The van der Waals surface area contributed by atoms with Crippen molar-refractivity contribution in [1.82, 2.24) is 9.55 Å². The standard InChI is InChI=1S/C14H11Cl2N3O/c15-8-1-3-12(10(16)5-8)19-13-4-2-9(17)6-11(13)18-14(19)7-20/h1-6,20H,7,17H2. The second-order valence-corrected chi connectivity index (χ2v) is 5.21. The molecule has 0 fully saturated rings. The summed E-state index contributed by atoms with van der Waals surface area (Å²) in [4.78, 5) is 4.37. The van der Waals surface area contributed by atoms with E-state index in [0.29, 0.717) is 32.8 Å². The maximum Gasteiger partial charge on any atom is 0.140 e. The maximum absolute atomic E-state index is 9.51. The summed E-state index contributed by atoms with van der Waals surface area (Å²) in [5, 5.41) is 10.6. The molecule has 2 aromatic carbocycles. The number of aliphatic hydroxyl groups is 1. The molecule has 0 unspecified atom stereocenters. The summed E-state index contributed by atoms with van der Waals surface area (Å²) in [6, 6.07) is 10.6. The first-order valence-electron chi connectivity index (χ1n) is 5.93. The van der Waals surface area contributed by atoms with Crippen LogP contribution in [0.5, 0.6) is 0 Å². The summed E-state index contributed by atoms with van der Waals surface area (Å²) in [6.45, 7) is -0.201. The first kappa shape index (κ1) is 13.2. The Morgan fingerprint density at radius 3 is 2.65 bits per heavy atom. The van der Waals surface area contributed by atoms with Gasteiger partial charge in [-0.1, -0.05) is 23.2 Å². The molecule has 0 aliphatic rings. The fraction of sp³-hybridized carbons (Fsp3) is 0.0714. The zero-order valence-electron chi connectivity index (χ0n) is 10.3. The van der Waals surface area contributed by atoms with Crippen LogP contribution in [0.1, 0.15) is 5.82 Å². The molecular weight excluding hydrogens is 297 g/mol. The molecule has 3 N–H and O–H groups in total. The van der Waals surface area contributed by atoms with Gasteiger partial charge in [-0.05, 0) is 36.4 Å². The summed E-state index contributed by atoms with van der Waals surface area (Å²) < 4.78 is 1.80. The van der Waals surface area contributed by atoms with Gasteiger partial charge >= 0.3 is 0 Å². The normalized spacial score (nSPS) is 11.2. The van der Waals surface area contributed by atoms with Gasteiger partial charge in [0.15, 0.2) is 0 Å². The zero-order chi connectivity index (χ0) is 14.3. The molecule has 0 bridgehead atoms. The first-order chi connectivity index (χ1) is 9.60. The van der Waals surface area contributed by atoms with Gasteiger partial charge in [0.25, 0.3) is 0 Å². The van der Waals surface area contributed by atoms with Crippen LogP contribution in [-0.2, 0) is 6.61 Å². The van der Waals surface area contributed by atoms with Gasteiger partial charge in [-0.3, -0.25) is 4.57 Å². The predicted molar refractivity (Wildman–Crippen MR) is 81.4 cm³/mol. The largest absolute Gasteiger partial charge is 0.399 e. The van der Waals surface area contributed by atoms with E-state index in [9.17, 15) is 5.11 Å². The number of anilines is 1. The highest BCUT2D eigenvalue weighted by Gasteiger charge is 2.14. The summed E-state index contributed by atoms with van der Waals surface area (Å²) in [6.07, 6.45) is 0. The number of halogens is 2. The monoisotopic (exact) mass is 307 g/mol. The lowest BCUT2D eigenvalue weighted by Crippen LogP contribution is -2.01. The van der Waals surface area contributed by atoms with Gasteiger partial charge in [0.2, 0.25) is 0 Å². The Morgan fingerprint density at radius 2 is 1.95 bits per heavy atom. The van der Waals surface area contributed by atoms with Crippen molar-refractivity contribution in [1.29, 1.82) is 0 Å². The van der Waals surface area contributed by atoms with Crippen molar-refractivity contribution in [3.63, 3.8) is 0 Å². The number of imidazole rings is 1. The molecule has 0 spiro atoms. The van der Waals surface area contributed by atoms with Crippen LogP contribution >= 0.6 is 23.2 Å². The second kappa shape index (κ2) is 4.98. The van der Waals surface area contributed by atoms with Crippen molar-refractivity contribution >= 4 is 39.9 Å². The minimum Gasteiger partial charge on any atom is -0.399 e. The SMILES string of the molecule is Nc1ccc2c(c1)nc(CO)n2-c1ccc(Cl)cc1Cl. The van der Waals surface area contributed by atoms with E-state index in [0.717, 1.165) is 5.52 Å². The van der Waals surface area contributed by atoms with Crippen LogP contribution in [-0.4, -0.2) is 14.7 Å². The average molecular weight is 308 g/mol. The molecule has 0 radical (unpaired) electrons. The third-order valence-electron chi connectivity index (χ3n) is 3.04. The highest BCUT2D eigenvalue weighted by molar-refractivity contribution is 6.35. The average Bonchev–Trinajstić information content (AvgIpc) is 2.76. The zero-order valence-corrected chi connectivity index (χ0v) is 11.9. The molecule has 0 aliphatic carbocycles. The number of aliphatic hydroxyl groups excluding tert-OH is 1. The van der Waals surface area contributed by atoms with Crippen LogP contribution in [0.3, 0.4) is 0 Å². The van der Waals surface area contributed by atoms with E-state index in [1.54, 1.807) is 34.9 Å². The predicted octanol–water partition coefficient (Wildman–Crippen LogP) is 3.41. The molecule has 0 saturated carbocycles. The fourth-order valence-electron chi connectivity index (χ4n) is 2.18. The number of nitrogens with zero attached hydrogens (tertiary/aromatic N) is 2. The van der Waals surface area contributed by atoms with Crippen LogP contribution in [0.2, 0.25) is 10.0 Å². The Kier molecular flexibility index (Phi) is 3.30. The molecule has 102 valence electrons. The smallest absolute Gasteiger partial charge is 0.140 e. The number of hydrogen-bond acceptors (Lipinski definition) is 3. The molecule has 6 heteroatoms. The molecule has 3 rings (SSSR count). The van der Waals surface area contributed by atoms with Crippen LogP contribution in [0.15, 0.2) is 36.4 Å². The molecule has 0 saturated heterocycles. The van der Waals surface area contributed by atoms with Gasteiger partial charge < -0.3 is 10.8 Å². The summed E-state index contributed by atoms with van der Waals surface area (Å²) in [7, 11) is 0. The summed E-state index contributed by atoms with van der Waals surface area (Å²) in [5.74, 6) is 0.495. The quantitative estimate of drug-likeness (QED) is 0.713. The lowest BCUT2D eigenvalue weighted by molar-refractivity contribution is 0.270. The molecule has 0 amide bonds. The van der Waals surface area contributed by atoms with Crippen molar-refractivity contribution in [3.8, 4) is 5.69 Å². The minimum absolute atomic E-state index is 0.201. The summed E-state index contributed by atoms with van der Waals surface area (Å²) >= 11 is 12.2. The molecule has 3 aromatic rings. The van der Waals surface area contributed by atoms with Gasteiger partial charge in [-0.15, -0.1) is 0 Å². The van der Waals surface area contributed by atoms with Crippen molar-refractivity contribution in [3.05, 3.63) is 52.3 Å². The van der Waals surface area contributed by atoms with Gasteiger partial charge in [0.05, 0.1) is 21.7 Å². The van der Waals surface area contributed by atoms with Gasteiger partial charge in [0, 0.05) is 10.7 Å². The maximum atomic E-state index is 9.51. The van der Waals surface area contributed by atoms with E-state index in [-0.39, 0.29) is 6.61 Å². The highest BCUT2D eigenvalue weighted by atomic mass is 35.5. The van der Waals surface area contributed by atoms with Crippen LogP contribution < -0.4 is 5.73 Å². The van der Waals surface area contributed by atoms with E-state index in [1.807, 2.05) is 6.07 Å². The lowest BCUT2D eigenvalue weighted by Gasteiger charge is -2.10. The third kappa shape index (κ3) is 2.12. The van der Waals surface area contributed by atoms with Gasteiger partial charge in [0.1, 0.15) is 12.4 Å². The van der Waals surface area contributed by atoms with E-state index < -0.39 is 0 Å². The number of benzene rings is 2. The van der Waals surface area contributed by atoms with E-state index >= 15 is 0 Å². The Bertz CT molecular complexity index is 798. The second-order valence-electron chi connectivity index (χ2n) is 4.37. The molecule has 4 nitrogen and oxygen atoms in total. The summed E-state index contributed by atoms with van der Waals surface area (Å²) in [5.41, 5.74) is 8.63. The van der Waals surface area contributed by atoms with Gasteiger partial charge in [-0.2, -0.15) is 0 Å². The van der Waals surface area contributed by atoms with Crippen LogP contribution in [0, 0.1) is 0 Å². The van der Waals surface area contributed by atoms with Crippen molar-refractivity contribution in [2.24, 2.45) is 0 Å². The van der Waals surface area contributed by atoms with Crippen LogP contribution in [0.25, 0.3) is 16.7 Å². The number of nitrogen functional groups attached to an aromatic ring is 1. The molecule has 1 aromatic heterocycles. The molecule has 20 heavy (non-hydrogen) atoms. The van der Waals surface area contributed by atoms with Crippen LogP contribution in [0.4, 0.5) is 5.69 Å². The number of hydrogen-bond donors (Lipinski definition) is 2. The lowest BCUT2D eigenvalue weighted by atomic mass is 10.2. The van der Waals surface area contributed by atoms with Gasteiger partial charge in [-0.25, -0.2) is 4.98 Å². The van der Waals surface area contributed by atoms with E-state index in [2.05, 4.69) is 4.98 Å². The van der Waals surface area contributed by atoms with Crippen molar-refractivity contribution in [2.45, 2.75) is 6.61 Å². The molecule has 0 atom stereocenters. The minimum atomic E-state index is -0.201. The van der Waals surface area contributed by atoms with Crippen molar-refractivity contribution in [2.75, 3.05) is 5.73 Å².